The van der Waals surface area contributed by atoms with E-state index in [4.69, 9.17) is 5.11 Å². The number of carbonyl (C=O) groups excluding carboxylic acids is 2. The maximum atomic E-state index is 11.9. The normalized spacial score (nSPS) is 13.8. The molecule has 20 heavy (non-hydrogen) atoms. The monoisotopic (exact) mass is 276 g/mol. The van der Waals surface area contributed by atoms with Gasteiger partial charge in [0, 0.05) is 30.3 Å². The summed E-state index contributed by atoms with van der Waals surface area (Å²) in [6, 6.07) is 7.25. The van der Waals surface area contributed by atoms with Gasteiger partial charge in [0.1, 0.15) is 0 Å². The predicted octanol–water partition coefficient (Wildman–Crippen LogP) is 1.68. The molecule has 1 aliphatic rings. The topological polar surface area (TPSA) is 78.4 Å². The van der Waals surface area contributed by atoms with E-state index in [0.29, 0.717) is 36.6 Å². The molecule has 0 unspecified atom stereocenters. The third-order valence-corrected chi connectivity index (χ3v) is 3.13. The van der Waals surface area contributed by atoms with Crippen molar-refractivity contribution in [1.82, 2.24) is 5.32 Å². The van der Waals surface area contributed by atoms with Gasteiger partial charge in [0.15, 0.2) is 0 Å². The van der Waals surface area contributed by atoms with Crippen molar-refractivity contribution < 1.29 is 14.7 Å². The summed E-state index contributed by atoms with van der Waals surface area (Å²) < 4.78 is 0. The van der Waals surface area contributed by atoms with Crippen LogP contribution in [0.5, 0.6) is 0 Å². The number of anilines is 1. The van der Waals surface area contributed by atoms with Crippen LogP contribution >= 0.6 is 0 Å². The second-order valence-corrected chi connectivity index (χ2v) is 5.06. The molecule has 0 bridgehead atoms. The smallest absolute Gasteiger partial charge is 0.251 e. The van der Waals surface area contributed by atoms with Gasteiger partial charge in [-0.25, -0.2) is 0 Å². The molecular formula is C15H20N2O3. The third kappa shape index (κ3) is 4.66. The second-order valence-electron chi connectivity index (χ2n) is 5.06. The zero-order valence-electron chi connectivity index (χ0n) is 11.4. The quantitative estimate of drug-likeness (QED) is 0.663. The molecule has 3 N–H and O–H groups in total. The Kier molecular flexibility index (Phi) is 5.12. The van der Waals surface area contributed by atoms with E-state index in [-0.39, 0.29) is 18.4 Å². The molecule has 1 fully saturated rings. The van der Waals surface area contributed by atoms with Crippen LogP contribution in [0.25, 0.3) is 0 Å². The number of benzene rings is 1. The van der Waals surface area contributed by atoms with Gasteiger partial charge in [0.05, 0.1) is 0 Å². The number of unbranched alkanes of at least 4 members (excludes halogenated alkanes) is 1. The molecule has 108 valence electrons. The van der Waals surface area contributed by atoms with Crippen LogP contribution < -0.4 is 10.6 Å². The van der Waals surface area contributed by atoms with Crippen molar-refractivity contribution in [2.45, 2.75) is 38.1 Å². The summed E-state index contributed by atoms with van der Waals surface area (Å²) in [6.45, 7) is 0.101. The molecule has 0 heterocycles. The highest BCUT2D eigenvalue weighted by molar-refractivity contribution is 5.97. The molecule has 5 nitrogen and oxygen atoms in total. The van der Waals surface area contributed by atoms with Crippen molar-refractivity contribution >= 4 is 17.5 Å². The molecule has 0 spiro atoms. The zero-order chi connectivity index (χ0) is 14.4. The van der Waals surface area contributed by atoms with Gasteiger partial charge in [-0.2, -0.15) is 0 Å². The van der Waals surface area contributed by atoms with Gasteiger partial charge < -0.3 is 15.7 Å². The summed E-state index contributed by atoms with van der Waals surface area (Å²) in [4.78, 5) is 23.6. The molecule has 2 amide bonds. The Hall–Kier alpha value is -1.88. The van der Waals surface area contributed by atoms with Crippen molar-refractivity contribution in [3.63, 3.8) is 0 Å². The van der Waals surface area contributed by atoms with Gasteiger partial charge in [-0.05, 0) is 43.9 Å². The Morgan fingerprint density at radius 2 is 2.05 bits per heavy atom. The lowest BCUT2D eigenvalue weighted by atomic mass is 10.1. The SMILES string of the molecule is O=C(CCCCO)Nc1cccc(C(=O)NC2CC2)c1. The molecule has 0 atom stereocenters. The largest absolute Gasteiger partial charge is 0.396 e. The fraction of sp³-hybridized carbons (Fsp3) is 0.467. The highest BCUT2D eigenvalue weighted by Gasteiger charge is 2.23. The third-order valence-electron chi connectivity index (χ3n) is 3.13. The maximum absolute atomic E-state index is 11.9. The highest BCUT2D eigenvalue weighted by Crippen LogP contribution is 2.20. The number of rotatable bonds is 7. The number of carbonyl (C=O) groups is 2. The Morgan fingerprint density at radius 3 is 2.75 bits per heavy atom. The van der Waals surface area contributed by atoms with Crippen LogP contribution in [0.3, 0.4) is 0 Å². The first-order valence-corrected chi connectivity index (χ1v) is 7.00. The first kappa shape index (κ1) is 14.5. The summed E-state index contributed by atoms with van der Waals surface area (Å²) in [6.07, 6.45) is 3.75. The lowest BCUT2D eigenvalue weighted by Gasteiger charge is -2.07. The Bertz CT molecular complexity index is 484. The van der Waals surface area contributed by atoms with E-state index in [1.807, 2.05) is 0 Å². The van der Waals surface area contributed by atoms with Gasteiger partial charge >= 0.3 is 0 Å². The van der Waals surface area contributed by atoms with E-state index < -0.39 is 0 Å². The Balaban J connectivity index is 1.88. The number of hydrogen-bond donors (Lipinski definition) is 3. The zero-order valence-corrected chi connectivity index (χ0v) is 11.4. The summed E-state index contributed by atoms with van der Waals surface area (Å²) >= 11 is 0. The fourth-order valence-corrected chi connectivity index (χ4v) is 1.86. The number of aliphatic hydroxyl groups excluding tert-OH is 1. The number of aliphatic hydroxyl groups is 1. The molecule has 5 heteroatoms. The molecular weight excluding hydrogens is 256 g/mol. The summed E-state index contributed by atoms with van der Waals surface area (Å²) in [7, 11) is 0. The molecule has 1 aliphatic carbocycles. The van der Waals surface area contributed by atoms with Crippen LogP contribution in [0.15, 0.2) is 24.3 Å². The average molecular weight is 276 g/mol. The fourth-order valence-electron chi connectivity index (χ4n) is 1.86. The molecule has 0 radical (unpaired) electrons. The van der Waals surface area contributed by atoms with Gasteiger partial charge in [-0.3, -0.25) is 9.59 Å². The number of hydrogen-bond acceptors (Lipinski definition) is 3. The minimum atomic E-state index is -0.0989. The van der Waals surface area contributed by atoms with Crippen molar-refractivity contribution in [1.29, 1.82) is 0 Å². The molecule has 0 aromatic heterocycles. The van der Waals surface area contributed by atoms with Crippen LogP contribution in [-0.4, -0.2) is 29.6 Å². The summed E-state index contributed by atoms with van der Waals surface area (Å²) in [5, 5.41) is 14.3. The van der Waals surface area contributed by atoms with Gasteiger partial charge in [-0.15, -0.1) is 0 Å². The lowest BCUT2D eigenvalue weighted by molar-refractivity contribution is -0.116. The van der Waals surface area contributed by atoms with Crippen LogP contribution in [0.2, 0.25) is 0 Å². The summed E-state index contributed by atoms with van der Waals surface area (Å²) in [5.41, 5.74) is 1.19. The van der Waals surface area contributed by atoms with E-state index in [1.54, 1.807) is 24.3 Å². The molecule has 0 saturated heterocycles. The van der Waals surface area contributed by atoms with Crippen molar-refractivity contribution in [2.24, 2.45) is 0 Å². The highest BCUT2D eigenvalue weighted by atomic mass is 16.3. The lowest BCUT2D eigenvalue weighted by Crippen LogP contribution is -2.25. The minimum Gasteiger partial charge on any atom is -0.396 e. The second kappa shape index (κ2) is 7.05. The van der Waals surface area contributed by atoms with E-state index in [2.05, 4.69) is 10.6 Å². The van der Waals surface area contributed by atoms with Crippen LogP contribution in [0.4, 0.5) is 5.69 Å². The standard InChI is InChI=1S/C15H20N2O3/c18-9-2-1-6-14(19)16-13-5-3-4-11(10-13)15(20)17-12-7-8-12/h3-5,10,12,18H,1-2,6-9H2,(H,16,19)(H,17,20). The number of amides is 2. The molecule has 1 aromatic rings. The maximum Gasteiger partial charge on any atom is 0.251 e. The summed E-state index contributed by atoms with van der Waals surface area (Å²) in [5.74, 6) is -0.193. The van der Waals surface area contributed by atoms with E-state index in [9.17, 15) is 9.59 Å². The van der Waals surface area contributed by atoms with Crippen molar-refractivity contribution in [3.8, 4) is 0 Å². The first-order valence-electron chi connectivity index (χ1n) is 7.00. The van der Waals surface area contributed by atoms with E-state index >= 15 is 0 Å². The van der Waals surface area contributed by atoms with Crippen molar-refractivity contribution in [3.05, 3.63) is 29.8 Å². The van der Waals surface area contributed by atoms with Gasteiger partial charge in [0.2, 0.25) is 5.91 Å². The van der Waals surface area contributed by atoms with E-state index in [1.165, 1.54) is 0 Å². The first-order chi connectivity index (χ1) is 9.69. The average Bonchev–Trinajstić information content (AvgIpc) is 3.23. The predicted molar refractivity (Wildman–Crippen MR) is 76.5 cm³/mol. The molecule has 1 saturated carbocycles. The Labute approximate surface area is 118 Å². The van der Waals surface area contributed by atoms with Gasteiger partial charge in [0.25, 0.3) is 5.91 Å². The molecule has 0 aliphatic heterocycles. The van der Waals surface area contributed by atoms with Gasteiger partial charge in [-0.1, -0.05) is 6.07 Å². The van der Waals surface area contributed by atoms with Crippen LogP contribution in [-0.2, 0) is 4.79 Å². The Morgan fingerprint density at radius 1 is 1.25 bits per heavy atom. The van der Waals surface area contributed by atoms with E-state index in [0.717, 1.165) is 12.8 Å². The molecule has 2 rings (SSSR count). The minimum absolute atomic E-state index is 0.0936. The molecule has 1 aromatic carbocycles. The van der Waals surface area contributed by atoms with Crippen LogP contribution in [0, 0.1) is 0 Å². The number of nitrogens with one attached hydrogen (secondary N) is 2. The van der Waals surface area contributed by atoms with Crippen LogP contribution in [0.1, 0.15) is 42.5 Å². The van der Waals surface area contributed by atoms with Crippen molar-refractivity contribution in [2.75, 3.05) is 11.9 Å².